The zero-order chi connectivity index (χ0) is 34.4. The minimum absolute atomic E-state index is 0.0660. The van der Waals surface area contributed by atoms with E-state index in [1.807, 2.05) is 29.2 Å². The van der Waals surface area contributed by atoms with E-state index >= 15 is 0 Å². The second-order valence-corrected chi connectivity index (χ2v) is 12.2. The van der Waals surface area contributed by atoms with Crippen LogP contribution in [0.15, 0.2) is 60.7 Å². The van der Waals surface area contributed by atoms with E-state index in [-0.39, 0.29) is 17.2 Å². The van der Waals surface area contributed by atoms with Gasteiger partial charge in [0.2, 0.25) is 5.91 Å². The third kappa shape index (κ3) is 7.44. The van der Waals surface area contributed by atoms with Gasteiger partial charge in [-0.25, -0.2) is 4.79 Å². The highest BCUT2D eigenvalue weighted by Gasteiger charge is 2.29. The highest BCUT2D eigenvalue weighted by atomic mass is 16.5. The molecule has 0 fully saturated rings. The van der Waals surface area contributed by atoms with Crippen molar-refractivity contribution in [3.8, 4) is 28.7 Å². The van der Waals surface area contributed by atoms with Crippen molar-refractivity contribution in [3.05, 3.63) is 88.5 Å². The average Bonchev–Trinajstić information content (AvgIpc) is 3.23. The van der Waals surface area contributed by atoms with E-state index in [4.69, 9.17) is 24.1 Å². The number of phenols is 1. The first kappa shape index (κ1) is 34.4. The van der Waals surface area contributed by atoms with Gasteiger partial charge in [0.05, 0.1) is 34.9 Å². The predicted molar refractivity (Wildman–Crippen MR) is 184 cm³/mol. The number of hydrogen-bond acceptors (Lipinski definition) is 8. The van der Waals surface area contributed by atoms with Gasteiger partial charge in [-0.05, 0) is 90.8 Å². The van der Waals surface area contributed by atoms with E-state index in [0.29, 0.717) is 23.5 Å². The Morgan fingerprint density at radius 2 is 1.50 bits per heavy atom. The van der Waals surface area contributed by atoms with Gasteiger partial charge in [0, 0.05) is 30.9 Å². The molecular weight excluding hydrogens is 612 g/mol. The monoisotopic (exact) mass is 656 g/mol. The van der Waals surface area contributed by atoms with Crippen LogP contribution in [0.3, 0.4) is 0 Å². The molecule has 2 N–H and O–H groups in total. The van der Waals surface area contributed by atoms with Gasteiger partial charge >= 0.3 is 5.97 Å². The van der Waals surface area contributed by atoms with Crippen LogP contribution in [-0.4, -0.2) is 93.6 Å². The Morgan fingerprint density at radius 3 is 2.17 bits per heavy atom. The first-order chi connectivity index (χ1) is 23.2. The minimum atomic E-state index is -1.12. The number of amides is 1. The molecule has 0 radical (unpaired) electrons. The molecule has 10 nitrogen and oxygen atoms in total. The topological polar surface area (TPSA) is 118 Å². The van der Waals surface area contributed by atoms with Crippen molar-refractivity contribution in [2.75, 3.05) is 61.7 Å². The zero-order valence-electron chi connectivity index (χ0n) is 28.2. The molecule has 0 saturated carbocycles. The van der Waals surface area contributed by atoms with E-state index < -0.39 is 5.97 Å². The predicted octanol–water partition coefficient (Wildman–Crippen LogP) is 5.55. The summed E-state index contributed by atoms with van der Waals surface area (Å²) in [6.45, 7) is 3.47. The van der Waals surface area contributed by atoms with Crippen LogP contribution in [0.1, 0.15) is 45.0 Å². The lowest BCUT2D eigenvalue weighted by atomic mass is 9.77. The van der Waals surface area contributed by atoms with Gasteiger partial charge in [-0.15, -0.1) is 0 Å². The summed E-state index contributed by atoms with van der Waals surface area (Å²) in [5, 5.41) is 19.8. The number of carboxylic acids is 1. The number of aromatic hydroxyl groups is 1. The van der Waals surface area contributed by atoms with Crippen LogP contribution in [0.5, 0.6) is 28.7 Å². The van der Waals surface area contributed by atoms with Gasteiger partial charge in [0.25, 0.3) is 0 Å². The molecule has 4 aromatic rings. The van der Waals surface area contributed by atoms with Crippen molar-refractivity contribution in [1.29, 1.82) is 0 Å². The number of aromatic carboxylic acids is 1. The number of hydrogen-bond donors (Lipinski definition) is 2. The second kappa shape index (κ2) is 15.3. The number of ether oxygens (including phenoxy) is 4. The summed E-state index contributed by atoms with van der Waals surface area (Å²) in [7, 11) is 8.79. The number of nitrogens with zero attached hydrogens (tertiary/aromatic N) is 2. The van der Waals surface area contributed by atoms with E-state index in [2.05, 4.69) is 24.1 Å². The summed E-state index contributed by atoms with van der Waals surface area (Å²) in [5.41, 5.74) is 4.85. The van der Waals surface area contributed by atoms with Crippen molar-refractivity contribution in [1.82, 2.24) is 9.80 Å². The van der Waals surface area contributed by atoms with E-state index in [1.54, 1.807) is 46.6 Å². The SMILES string of the molecule is COc1cc2c(cc1OC)CC(=O)N(CCCN(C)C[C@H]1Cc3cc(OC)c(OC)cc31)CC2.O=C(O)c1ccc2ccccc2c1O. The molecule has 0 unspecified atom stereocenters. The Bertz CT molecular complexity index is 1790. The molecule has 2 aliphatic rings. The second-order valence-electron chi connectivity index (χ2n) is 12.2. The molecule has 1 aliphatic carbocycles. The summed E-state index contributed by atoms with van der Waals surface area (Å²) >= 11 is 0. The highest BCUT2D eigenvalue weighted by molar-refractivity contribution is 6.00. The zero-order valence-corrected chi connectivity index (χ0v) is 28.2. The van der Waals surface area contributed by atoms with Crippen molar-refractivity contribution in [2.24, 2.45) is 0 Å². The van der Waals surface area contributed by atoms with Gasteiger partial charge in [0.15, 0.2) is 23.0 Å². The van der Waals surface area contributed by atoms with Crippen molar-refractivity contribution in [3.63, 3.8) is 0 Å². The summed E-state index contributed by atoms with van der Waals surface area (Å²) < 4.78 is 21.7. The number of carbonyl (C=O) groups is 2. The maximum absolute atomic E-state index is 12.9. The minimum Gasteiger partial charge on any atom is -0.506 e. The van der Waals surface area contributed by atoms with E-state index in [0.717, 1.165) is 73.6 Å². The van der Waals surface area contributed by atoms with Crippen LogP contribution in [-0.2, 0) is 24.1 Å². The molecule has 0 saturated heterocycles. The van der Waals surface area contributed by atoms with E-state index in [1.165, 1.54) is 22.8 Å². The molecule has 0 bridgehead atoms. The fraction of sp³-hybridized carbons (Fsp3) is 0.368. The number of rotatable bonds is 11. The third-order valence-corrected chi connectivity index (χ3v) is 9.23. The lowest BCUT2D eigenvalue weighted by Gasteiger charge is -2.34. The van der Waals surface area contributed by atoms with Crippen LogP contribution >= 0.6 is 0 Å². The summed E-state index contributed by atoms with van der Waals surface area (Å²) in [4.78, 5) is 28.0. The summed E-state index contributed by atoms with van der Waals surface area (Å²) in [5.74, 6) is 2.40. The molecule has 48 heavy (non-hydrogen) atoms. The Balaban J connectivity index is 0.000000267. The molecule has 1 aliphatic heterocycles. The Morgan fingerprint density at radius 1 is 0.875 bits per heavy atom. The molecular formula is C38H44N2O8. The maximum atomic E-state index is 12.9. The molecule has 10 heteroatoms. The van der Waals surface area contributed by atoms with Gasteiger partial charge in [-0.3, -0.25) is 4.79 Å². The number of likely N-dealkylation sites (N-methyl/N-ethyl adjacent to an activating group) is 1. The third-order valence-electron chi connectivity index (χ3n) is 9.23. The van der Waals surface area contributed by atoms with Crippen LogP contribution in [0.4, 0.5) is 0 Å². The molecule has 1 heterocycles. The van der Waals surface area contributed by atoms with Crippen LogP contribution < -0.4 is 18.9 Å². The fourth-order valence-corrected chi connectivity index (χ4v) is 6.58. The molecule has 1 atom stereocenters. The molecule has 0 aromatic heterocycles. The normalized spacial score (nSPS) is 15.0. The molecule has 0 spiro atoms. The van der Waals surface area contributed by atoms with Crippen LogP contribution in [0, 0.1) is 0 Å². The Kier molecular flexibility index (Phi) is 11.0. The summed E-state index contributed by atoms with van der Waals surface area (Å²) in [6.07, 6.45) is 3.27. The number of benzene rings is 4. The molecule has 1 amide bonds. The number of methoxy groups -OCH3 is 4. The first-order valence-electron chi connectivity index (χ1n) is 16.1. The highest BCUT2D eigenvalue weighted by Crippen LogP contribution is 2.42. The van der Waals surface area contributed by atoms with Crippen molar-refractivity contribution in [2.45, 2.75) is 31.6 Å². The fourth-order valence-electron chi connectivity index (χ4n) is 6.58. The Labute approximate surface area is 281 Å². The number of carbonyl (C=O) groups excluding carboxylic acids is 1. The smallest absolute Gasteiger partial charge is 0.339 e. The first-order valence-corrected chi connectivity index (χ1v) is 16.1. The molecule has 6 rings (SSSR count). The molecule has 4 aromatic carbocycles. The molecule has 254 valence electrons. The van der Waals surface area contributed by atoms with Gasteiger partial charge in [-0.1, -0.05) is 30.3 Å². The number of carboxylic acid groups (broad SMARTS) is 1. The van der Waals surface area contributed by atoms with Crippen LogP contribution in [0.25, 0.3) is 10.8 Å². The van der Waals surface area contributed by atoms with Crippen LogP contribution in [0.2, 0.25) is 0 Å². The standard InChI is InChI=1S/C27H36N2O5.C11H8O3/c1-28(17-21-11-20-14-25(33-4)26(34-5)16-22(20)21)8-6-9-29-10-7-18-12-23(31-2)24(32-3)13-19(18)15-27(29)30;12-10-8-4-2-1-3-7(8)5-6-9(10)11(13)14/h12-14,16,21H,6-11,15,17H2,1-5H3;1-6,12H,(H,13,14)/t21-;/m1./s1. The summed E-state index contributed by atoms with van der Waals surface area (Å²) in [6, 6.07) is 18.4. The van der Waals surface area contributed by atoms with Gasteiger partial charge in [0.1, 0.15) is 11.3 Å². The van der Waals surface area contributed by atoms with Crippen molar-refractivity contribution >= 4 is 22.6 Å². The maximum Gasteiger partial charge on any atom is 0.339 e. The largest absolute Gasteiger partial charge is 0.506 e. The van der Waals surface area contributed by atoms with Gasteiger partial charge in [-0.2, -0.15) is 0 Å². The van der Waals surface area contributed by atoms with Gasteiger partial charge < -0.3 is 39.0 Å². The quantitative estimate of drug-likeness (QED) is 0.214. The average molecular weight is 657 g/mol. The van der Waals surface area contributed by atoms with E-state index in [9.17, 15) is 14.7 Å². The lowest BCUT2D eigenvalue weighted by molar-refractivity contribution is -0.130. The number of fused-ring (bicyclic) bond motifs is 3. The Hall–Kier alpha value is -4.96. The lowest BCUT2D eigenvalue weighted by Crippen LogP contribution is -2.36. The van der Waals surface area contributed by atoms with Crippen molar-refractivity contribution < 1.29 is 38.7 Å².